The van der Waals surface area contributed by atoms with Crippen LogP contribution in [-0.2, 0) is 4.74 Å². The number of carbonyl (C=O) groups excluding carboxylic acids is 1. The first kappa shape index (κ1) is 17.8. The Labute approximate surface area is 155 Å². The molecule has 1 aliphatic carbocycles. The number of aromatic nitrogens is 2. The van der Waals surface area contributed by atoms with Gasteiger partial charge in [-0.3, -0.25) is 14.5 Å². The number of ether oxygens (including phenoxy) is 1. The Hall–Kier alpha value is -2.58. The van der Waals surface area contributed by atoms with Crippen molar-refractivity contribution in [2.24, 2.45) is 0 Å². The standard InChI is InChI=1S/C19H21FN4O3/c20-15-3-1-2-4-17(15)24-18(25)8-7-16(22-24)19(26)21-11-14-12-23(9-10-27-14)13-5-6-13/h1-4,7-8,13-14H,5-6,9-12H2,(H,21,26). The van der Waals surface area contributed by atoms with Gasteiger partial charge in [-0.25, -0.2) is 4.39 Å². The van der Waals surface area contributed by atoms with E-state index in [1.165, 1.54) is 43.2 Å². The molecule has 1 aliphatic heterocycles. The van der Waals surface area contributed by atoms with E-state index in [-0.39, 0.29) is 17.5 Å². The van der Waals surface area contributed by atoms with E-state index in [9.17, 15) is 14.0 Å². The Morgan fingerprint density at radius 3 is 2.85 bits per heavy atom. The van der Waals surface area contributed by atoms with E-state index in [0.29, 0.717) is 19.2 Å². The molecule has 27 heavy (non-hydrogen) atoms. The minimum atomic E-state index is -0.583. The summed E-state index contributed by atoms with van der Waals surface area (Å²) in [5.41, 5.74) is -0.451. The minimum Gasteiger partial charge on any atom is -0.374 e. The van der Waals surface area contributed by atoms with E-state index in [0.717, 1.165) is 17.8 Å². The van der Waals surface area contributed by atoms with Crippen LogP contribution in [0.4, 0.5) is 4.39 Å². The van der Waals surface area contributed by atoms with Crippen molar-refractivity contribution < 1.29 is 13.9 Å². The highest BCUT2D eigenvalue weighted by atomic mass is 19.1. The van der Waals surface area contributed by atoms with Gasteiger partial charge in [0, 0.05) is 31.7 Å². The van der Waals surface area contributed by atoms with Gasteiger partial charge in [-0.05, 0) is 31.0 Å². The van der Waals surface area contributed by atoms with Crippen molar-refractivity contribution in [3.63, 3.8) is 0 Å². The Kier molecular flexibility index (Phi) is 5.00. The molecule has 1 N–H and O–H groups in total. The van der Waals surface area contributed by atoms with Crippen molar-refractivity contribution in [1.82, 2.24) is 20.0 Å². The van der Waals surface area contributed by atoms with Gasteiger partial charge < -0.3 is 10.1 Å². The molecular formula is C19H21FN4O3. The molecule has 1 amide bonds. The van der Waals surface area contributed by atoms with Gasteiger partial charge in [0.05, 0.1) is 12.7 Å². The number of carbonyl (C=O) groups is 1. The van der Waals surface area contributed by atoms with E-state index < -0.39 is 17.3 Å². The van der Waals surface area contributed by atoms with Gasteiger partial charge in [-0.15, -0.1) is 0 Å². The van der Waals surface area contributed by atoms with Gasteiger partial charge in [0.25, 0.3) is 11.5 Å². The van der Waals surface area contributed by atoms with Gasteiger partial charge in [0.15, 0.2) is 0 Å². The molecule has 2 heterocycles. The number of rotatable bonds is 5. The molecule has 1 atom stereocenters. The summed E-state index contributed by atoms with van der Waals surface area (Å²) < 4.78 is 20.6. The van der Waals surface area contributed by atoms with Crippen LogP contribution < -0.4 is 10.9 Å². The van der Waals surface area contributed by atoms with Gasteiger partial charge in [-0.1, -0.05) is 12.1 Å². The molecule has 4 rings (SSSR count). The van der Waals surface area contributed by atoms with Crippen molar-refractivity contribution in [1.29, 1.82) is 0 Å². The molecule has 2 fully saturated rings. The van der Waals surface area contributed by atoms with Crippen LogP contribution in [-0.4, -0.2) is 59.0 Å². The highest BCUT2D eigenvalue weighted by Gasteiger charge is 2.33. The van der Waals surface area contributed by atoms with Crippen LogP contribution in [0.15, 0.2) is 41.2 Å². The van der Waals surface area contributed by atoms with Gasteiger partial charge in [0.1, 0.15) is 17.2 Å². The SMILES string of the molecule is O=C(NCC1CN(C2CC2)CCO1)c1ccc(=O)n(-c2ccccc2F)n1. The molecule has 2 aromatic rings. The van der Waals surface area contributed by atoms with E-state index in [4.69, 9.17) is 4.74 Å². The van der Waals surface area contributed by atoms with E-state index >= 15 is 0 Å². The topological polar surface area (TPSA) is 76.5 Å². The first-order valence-electron chi connectivity index (χ1n) is 9.11. The van der Waals surface area contributed by atoms with Gasteiger partial charge in [0.2, 0.25) is 0 Å². The highest BCUT2D eigenvalue weighted by molar-refractivity contribution is 5.92. The first-order valence-corrected chi connectivity index (χ1v) is 9.11. The molecule has 7 nitrogen and oxygen atoms in total. The van der Waals surface area contributed by atoms with Crippen LogP contribution in [0.2, 0.25) is 0 Å². The Morgan fingerprint density at radius 1 is 1.26 bits per heavy atom. The van der Waals surface area contributed by atoms with Crippen LogP contribution in [0.25, 0.3) is 5.69 Å². The van der Waals surface area contributed by atoms with Crippen LogP contribution in [0.3, 0.4) is 0 Å². The summed E-state index contributed by atoms with van der Waals surface area (Å²) in [4.78, 5) is 26.9. The van der Waals surface area contributed by atoms with Crippen LogP contribution >= 0.6 is 0 Å². The lowest BCUT2D eigenvalue weighted by Gasteiger charge is -2.33. The summed E-state index contributed by atoms with van der Waals surface area (Å²) in [5, 5.41) is 6.82. The molecule has 0 spiro atoms. The monoisotopic (exact) mass is 372 g/mol. The zero-order valence-corrected chi connectivity index (χ0v) is 14.8. The smallest absolute Gasteiger partial charge is 0.271 e. The minimum absolute atomic E-state index is 0.00726. The second kappa shape index (κ2) is 7.58. The normalized spacial score (nSPS) is 20.4. The molecule has 1 saturated carbocycles. The van der Waals surface area contributed by atoms with Gasteiger partial charge in [-0.2, -0.15) is 9.78 Å². The maximum Gasteiger partial charge on any atom is 0.271 e. The van der Waals surface area contributed by atoms with Crippen molar-refractivity contribution >= 4 is 5.91 Å². The summed E-state index contributed by atoms with van der Waals surface area (Å²) in [5.74, 6) is -1.01. The molecule has 1 saturated heterocycles. The molecule has 2 aliphatic rings. The van der Waals surface area contributed by atoms with Crippen LogP contribution in [0, 0.1) is 5.82 Å². The number of nitrogens with zero attached hydrogens (tertiary/aromatic N) is 3. The lowest BCUT2D eigenvalue weighted by atomic mass is 10.2. The molecule has 1 aromatic carbocycles. The second-order valence-corrected chi connectivity index (χ2v) is 6.85. The summed E-state index contributed by atoms with van der Waals surface area (Å²) in [7, 11) is 0. The molecule has 0 bridgehead atoms. The van der Waals surface area contributed by atoms with E-state index in [2.05, 4.69) is 15.3 Å². The predicted molar refractivity (Wildman–Crippen MR) is 96.5 cm³/mol. The molecule has 1 aromatic heterocycles. The third kappa shape index (κ3) is 4.06. The first-order chi connectivity index (χ1) is 13.1. The lowest BCUT2D eigenvalue weighted by Crippen LogP contribution is -2.48. The zero-order chi connectivity index (χ0) is 18.8. The Balaban J connectivity index is 1.44. The number of benzene rings is 1. The number of hydrogen-bond acceptors (Lipinski definition) is 5. The molecular weight excluding hydrogens is 351 g/mol. The summed E-state index contributed by atoms with van der Waals surface area (Å²) in [6, 6.07) is 9.02. The fourth-order valence-electron chi connectivity index (χ4n) is 3.26. The van der Waals surface area contributed by atoms with Crippen LogP contribution in [0.1, 0.15) is 23.3 Å². The third-order valence-electron chi connectivity index (χ3n) is 4.84. The number of amides is 1. The zero-order valence-electron chi connectivity index (χ0n) is 14.8. The van der Waals surface area contributed by atoms with Crippen molar-refractivity contribution in [2.75, 3.05) is 26.2 Å². The van der Waals surface area contributed by atoms with Crippen molar-refractivity contribution in [3.8, 4) is 5.69 Å². The fraction of sp³-hybridized carbons (Fsp3) is 0.421. The highest BCUT2D eigenvalue weighted by Crippen LogP contribution is 2.28. The van der Waals surface area contributed by atoms with Crippen molar-refractivity contribution in [2.45, 2.75) is 25.0 Å². The number of morpholine rings is 1. The largest absolute Gasteiger partial charge is 0.374 e. The second-order valence-electron chi connectivity index (χ2n) is 6.85. The van der Waals surface area contributed by atoms with E-state index in [1.54, 1.807) is 6.07 Å². The summed E-state index contributed by atoms with van der Waals surface area (Å²) in [6.45, 7) is 2.76. The van der Waals surface area contributed by atoms with E-state index in [1.807, 2.05) is 0 Å². The van der Waals surface area contributed by atoms with Gasteiger partial charge >= 0.3 is 0 Å². The average Bonchev–Trinajstić information content (AvgIpc) is 3.53. The maximum atomic E-state index is 14.0. The summed E-state index contributed by atoms with van der Waals surface area (Å²) in [6.07, 6.45) is 2.40. The summed E-state index contributed by atoms with van der Waals surface area (Å²) >= 11 is 0. The Morgan fingerprint density at radius 2 is 2.07 bits per heavy atom. The number of hydrogen-bond donors (Lipinski definition) is 1. The quantitative estimate of drug-likeness (QED) is 0.846. The Bertz CT molecular complexity index is 897. The average molecular weight is 372 g/mol. The maximum absolute atomic E-state index is 14.0. The molecule has 8 heteroatoms. The number of halogens is 1. The molecule has 142 valence electrons. The third-order valence-corrected chi connectivity index (χ3v) is 4.84. The van der Waals surface area contributed by atoms with Crippen LogP contribution in [0.5, 0.6) is 0 Å². The molecule has 0 radical (unpaired) electrons. The lowest BCUT2D eigenvalue weighted by molar-refractivity contribution is -0.0293. The predicted octanol–water partition coefficient (Wildman–Crippen LogP) is 0.965. The van der Waals surface area contributed by atoms with Crippen molar-refractivity contribution in [3.05, 3.63) is 58.3 Å². The number of nitrogens with one attached hydrogen (secondary N) is 1. The molecule has 1 unspecified atom stereocenters. The number of para-hydroxylation sites is 1. The fourth-order valence-corrected chi connectivity index (χ4v) is 3.26.